The molecule has 0 bridgehead atoms. The normalized spacial score (nSPS) is 10.2. The second-order valence-electron chi connectivity index (χ2n) is 5.42. The lowest BCUT2D eigenvalue weighted by atomic mass is 10.1. The number of hydrogen-bond donors (Lipinski definition) is 0. The third kappa shape index (κ3) is 5.41. The third-order valence-electron chi connectivity index (χ3n) is 3.58. The standard InChI is InChI=1S/C20H25NO4/c1-4-23-18-12-11-16(15-19(18)24-5-2)20(22)21(3)13-14-25-17-9-7-6-8-10-17/h6-12,15H,4-5,13-14H2,1-3H3. The number of likely N-dealkylation sites (N-methyl/N-ethyl adjacent to an activating group) is 1. The minimum atomic E-state index is -0.0827. The molecule has 0 aliphatic rings. The summed E-state index contributed by atoms with van der Waals surface area (Å²) in [5.41, 5.74) is 0.564. The van der Waals surface area contributed by atoms with Crippen molar-refractivity contribution in [1.29, 1.82) is 0 Å². The number of carbonyl (C=O) groups is 1. The maximum atomic E-state index is 12.6. The number of carbonyl (C=O) groups excluding carboxylic acids is 1. The van der Waals surface area contributed by atoms with E-state index in [1.165, 1.54) is 0 Å². The molecule has 0 aliphatic carbocycles. The number of rotatable bonds is 9. The monoisotopic (exact) mass is 343 g/mol. The number of nitrogens with zero attached hydrogens (tertiary/aromatic N) is 1. The SMILES string of the molecule is CCOc1ccc(C(=O)N(C)CCOc2ccccc2)cc1OCC. The molecule has 5 nitrogen and oxygen atoms in total. The molecule has 1 amide bonds. The summed E-state index contributed by atoms with van der Waals surface area (Å²) < 4.78 is 16.7. The fourth-order valence-electron chi connectivity index (χ4n) is 2.32. The van der Waals surface area contributed by atoms with Gasteiger partial charge in [0.05, 0.1) is 19.8 Å². The van der Waals surface area contributed by atoms with Gasteiger partial charge in [0, 0.05) is 12.6 Å². The molecule has 2 aromatic carbocycles. The van der Waals surface area contributed by atoms with Gasteiger partial charge in [0.25, 0.3) is 5.91 Å². The average Bonchev–Trinajstić information content (AvgIpc) is 2.63. The van der Waals surface area contributed by atoms with E-state index < -0.39 is 0 Å². The molecule has 2 rings (SSSR count). The second kappa shape index (κ2) is 9.57. The van der Waals surface area contributed by atoms with E-state index in [-0.39, 0.29) is 5.91 Å². The largest absolute Gasteiger partial charge is 0.492 e. The molecular formula is C20H25NO4. The smallest absolute Gasteiger partial charge is 0.253 e. The van der Waals surface area contributed by atoms with Gasteiger partial charge >= 0.3 is 0 Å². The Balaban J connectivity index is 1.97. The van der Waals surface area contributed by atoms with Crippen LogP contribution >= 0.6 is 0 Å². The average molecular weight is 343 g/mol. The Bertz CT molecular complexity index is 673. The molecule has 0 radical (unpaired) electrons. The molecule has 0 aliphatic heterocycles. The van der Waals surface area contributed by atoms with Crippen molar-refractivity contribution < 1.29 is 19.0 Å². The summed E-state index contributed by atoms with van der Waals surface area (Å²) in [6.07, 6.45) is 0. The van der Waals surface area contributed by atoms with Crippen molar-refractivity contribution in [2.24, 2.45) is 0 Å². The molecule has 0 unspecified atom stereocenters. The van der Waals surface area contributed by atoms with E-state index in [0.29, 0.717) is 43.4 Å². The Morgan fingerprint density at radius 2 is 1.60 bits per heavy atom. The number of hydrogen-bond acceptors (Lipinski definition) is 4. The van der Waals surface area contributed by atoms with Crippen molar-refractivity contribution in [1.82, 2.24) is 4.90 Å². The second-order valence-corrected chi connectivity index (χ2v) is 5.42. The van der Waals surface area contributed by atoms with Crippen LogP contribution in [0.2, 0.25) is 0 Å². The van der Waals surface area contributed by atoms with E-state index in [2.05, 4.69) is 0 Å². The maximum absolute atomic E-state index is 12.6. The summed E-state index contributed by atoms with van der Waals surface area (Å²) in [5.74, 6) is 1.95. The molecule has 0 spiro atoms. The van der Waals surface area contributed by atoms with E-state index >= 15 is 0 Å². The minimum Gasteiger partial charge on any atom is -0.492 e. The van der Waals surface area contributed by atoms with Crippen molar-refractivity contribution >= 4 is 5.91 Å². The molecule has 5 heteroatoms. The Morgan fingerprint density at radius 1 is 0.920 bits per heavy atom. The van der Waals surface area contributed by atoms with Crippen LogP contribution in [-0.4, -0.2) is 44.2 Å². The molecule has 0 saturated carbocycles. The summed E-state index contributed by atoms with van der Waals surface area (Å²) in [6, 6.07) is 14.8. The highest BCUT2D eigenvalue weighted by Crippen LogP contribution is 2.29. The molecule has 0 aromatic heterocycles. The number of amides is 1. The van der Waals surface area contributed by atoms with Crippen molar-refractivity contribution in [2.75, 3.05) is 33.4 Å². The summed E-state index contributed by atoms with van der Waals surface area (Å²) >= 11 is 0. The van der Waals surface area contributed by atoms with Crippen LogP contribution in [0, 0.1) is 0 Å². The Kier molecular flexibility index (Phi) is 7.14. The number of benzene rings is 2. The molecule has 25 heavy (non-hydrogen) atoms. The van der Waals surface area contributed by atoms with E-state index in [1.807, 2.05) is 44.2 Å². The first-order valence-corrected chi connectivity index (χ1v) is 8.48. The molecule has 0 heterocycles. The van der Waals surface area contributed by atoms with Gasteiger partial charge < -0.3 is 19.1 Å². The van der Waals surface area contributed by atoms with Gasteiger partial charge in [-0.05, 0) is 44.2 Å². The number of ether oxygens (including phenoxy) is 3. The summed E-state index contributed by atoms with van der Waals surface area (Å²) in [7, 11) is 1.76. The predicted molar refractivity (Wildman–Crippen MR) is 97.7 cm³/mol. The zero-order valence-corrected chi connectivity index (χ0v) is 15.0. The van der Waals surface area contributed by atoms with E-state index in [1.54, 1.807) is 30.1 Å². The third-order valence-corrected chi connectivity index (χ3v) is 3.58. The highest BCUT2D eigenvalue weighted by molar-refractivity contribution is 5.94. The molecule has 134 valence electrons. The van der Waals surface area contributed by atoms with Gasteiger partial charge in [0.15, 0.2) is 11.5 Å². The van der Waals surface area contributed by atoms with Crippen LogP contribution in [-0.2, 0) is 0 Å². The van der Waals surface area contributed by atoms with Crippen molar-refractivity contribution in [2.45, 2.75) is 13.8 Å². The Hall–Kier alpha value is -2.69. The number of para-hydroxylation sites is 1. The summed E-state index contributed by atoms with van der Waals surface area (Å²) in [4.78, 5) is 14.2. The predicted octanol–water partition coefficient (Wildman–Crippen LogP) is 3.64. The van der Waals surface area contributed by atoms with Crippen molar-refractivity contribution in [3.8, 4) is 17.2 Å². The lowest BCUT2D eigenvalue weighted by molar-refractivity contribution is 0.0773. The van der Waals surface area contributed by atoms with Crippen LogP contribution < -0.4 is 14.2 Å². The van der Waals surface area contributed by atoms with Crippen LogP contribution in [0.1, 0.15) is 24.2 Å². The highest BCUT2D eigenvalue weighted by Gasteiger charge is 2.15. The first-order chi connectivity index (χ1) is 12.2. The lowest BCUT2D eigenvalue weighted by Crippen LogP contribution is -2.30. The van der Waals surface area contributed by atoms with Crippen LogP contribution in [0.3, 0.4) is 0 Å². The highest BCUT2D eigenvalue weighted by atomic mass is 16.5. The minimum absolute atomic E-state index is 0.0827. The van der Waals surface area contributed by atoms with Gasteiger partial charge in [-0.25, -0.2) is 0 Å². The molecule has 0 atom stereocenters. The van der Waals surface area contributed by atoms with Gasteiger partial charge in [0.2, 0.25) is 0 Å². The fourth-order valence-corrected chi connectivity index (χ4v) is 2.32. The van der Waals surface area contributed by atoms with Gasteiger partial charge in [0.1, 0.15) is 12.4 Å². The first-order valence-electron chi connectivity index (χ1n) is 8.48. The lowest BCUT2D eigenvalue weighted by Gasteiger charge is -2.19. The van der Waals surface area contributed by atoms with Crippen molar-refractivity contribution in [3.63, 3.8) is 0 Å². The van der Waals surface area contributed by atoms with E-state index in [9.17, 15) is 4.79 Å². The first kappa shape index (κ1) is 18.6. The van der Waals surface area contributed by atoms with E-state index in [0.717, 1.165) is 5.75 Å². The Labute approximate surface area is 149 Å². The van der Waals surface area contributed by atoms with Gasteiger partial charge in [-0.15, -0.1) is 0 Å². The van der Waals surface area contributed by atoms with Gasteiger partial charge in [-0.1, -0.05) is 18.2 Å². The maximum Gasteiger partial charge on any atom is 0.253 e. The molecule has 0 fully saturated rings. The zero-order chi connectivity index (χ0) is 18.1. The van der Waals surface area contributed by atoms with Crippen LogP contribution in [0.25, 0.3) is 0 Å². The van der Waals surface area contributed by atoms with Gasteiger partial charge in [-0.3, -0.25) is 4.79 Å². The van der Waals surface area contributed by atoms with Crippen LogP contribution in [0.4, 0.5) is 0 Å². The van der Waals surface area contributed by atoms with Gasteiger partial charge in [-0.2, -0.15) is 0 Å². The summed E-state index contributed by atoms with van der Waals surface area (Å²) in [6.45, 7) is 5.79. The van der Waals surface area contributed by atoms with Crippen LogP contribution in [0.15, 0.2) is 48.5 Å². The van der Waals surface area contributed by atoms with Crippen LogP contribution in [0.5, 0.6) is 17.2 Å². The summed E-state index contributed by atoms with van der Waals surface area (Å²) in [5, 5.41) is 0. The molecule has 0 saturated heterocycles. The van der Waals surface area contributed by atoms with Crippen molar-refractivity contribution in [3.05, 3.63) is 54.1 Å². The zero-order valence-electron chi connectivity index (χ0n) is 15.0. The molecule has 0 N–H and O–H groups in total. The molecular weight excluding hydrogens is 318 g/mol. The van der Waals surface area contributed by atoms with E-state index in [4.69, 9.17) is 14.2 Å². The Morgan fingerprint density at radius 3 is 2.28 bits per heavy atom. The quantitative estimate of drug-likeness (QED) is 0.697. The topological polar surface area (TPSA) is 48.0 Å². The fraction of sp³-hybridized carbons (Fsp3) is 0.350. The molecule has 2 aromatic rings.